The summed E-state index contributed by atoms with van der Waals surface area (Å²) in [6.45, 7) is 5.68. The lowest BCUT2D eigenvalue weighted by Gasteiger charge is -2.36. The van der Waals surface area contributed by atoms with Crippen LogP contribution >= 0.6 is 0 Å². The monoisotopic (exact) mass is 355 g/mol. The molecule has 0 N–H and O–H groups in total. The normalized spacial score (nSPS) is 18.1. The molecule has 0 aliphatic carbocycles. The molecule has 26 heavy (non-hydrogen) atoms. The predicted octanol–water partition coefficient (Wildman–Crippen LogP) is 1.59. The molecule has 2 aromatic rings. The van der Waals surface area contributed by atoms with E-state index in [9.17, 15) is 0 Å². The second-order valence-electron chi connectivity index (χ2n) is 6.66. The molecule has 0 saturated carbocycles. The molecule has 0 aromatic carbocycles. The van der Waals surface area contributed by atoms with Crippen LogP contribution in [0, 0.1) is 0 Å². The molecule has 0 atom stereocenters. The molecule has 0 spiro atoms. The van der Waals surface area contributed by atoms with E-state index in [2.05, 4.69) is 29.7 Å². The van der Waals surface area contributed by atoms with E-state index in [1.165, 1.54) is 19.3 Å². The minimum Gasteiger partial charge on any atom is -0.481 e. The van der Waals surface area contributed by atoms with Gasteiger partial charge in [-0.15, -0.1) is 0 Å². The molecule has 0 amide bonds. The molecule has 0 radical (unpaired) electrons. The maximum absolute atomic E-state index is 5.19. The van der Waals surface area contributed by atoms with Crippen molar-refractivity contribution in [1.29, 1.82) is 0 Å². The Bertz CT molecular complexity index is 727. The van der Waals surface area contributed by atoms with Crippen LogP contribution in [-0.2, 0) is 0 Å². The number of piperazine rings is 1. The third-order valence-electron chi connectivity index (χ3n) is 5.03. The zero-order valence-corrected chi connectivity index (χ0v) is 15.2. The largest absolute Gasteiger partial charge is 0.481 e. The highest BCUT2D eigenvalue weighted by molar-refractivity contribution is 5.47. The van der Waals surface area contributed by atoms with Gasteiger partial charge in [0.1, 0.15) is 18.0 Å². The number of piperidine rings is 1. The molecule has 8 nitrogen and oxygen atoms in total. The van der Waals surface area contributed by atoms with Crippen LogP contribution in [0.4, 0.5) is 17.6 Å². The minimum absolute atomic E-state index is 0.593. The van der Waals surface area contributed by atoms with Crippen LogP contribution in [0.15, 0.2) is 24.7 Å². The van der Waals surface area contributed by atoms with Gasteiger partial charge in [-0.05, 0) is 25.3 Å². The van der Waals surface area contributed by atoms with Gasteiger partial charge in [0.25, 0.3) is 0 Å². The summed E-state index contributed by atoms with van der Waals surface area (Å²) in [4.78, 5) is 24.6. The van der Waals surface area contributed by atoms with Crippen LogP contribution < -0.4 is 19.4 Å². The summed E-state index contributed by atoms with van der Waals surface area (Å²) >= 11 is 0. The highest BCUT2D eigenvalue weighted by Crippen LogP contribution is 2.22. The van der Waals surface area contributed by atoms with Crippen LogP contribution in [-0.4, -0.2) is 66.3 Å². The molecule has 8 heteroatoms. The second kappa shape index (κ2) is 7.72. The van der Waals surface area contributed by atoms with E-state index in [0.717, 1.165) is 56.9 Å². The third-order valence-corrected chi connectivity index (χ3v) is 5.03. The van der Waals surface area contributed by atoms with Crippen molar-refractivity contribution in [2.24, 2.45) is 0 Å². The van der Waals surface area contributed by atoms with Crippen molar-refractivity contribution in [2.45, 2.75) is 19.3 Å². The van der Waals surface area contributed by atoms with Gasteiger partial charge in [-0.1, -0.05) is 0 Å². The second-order valence-corrected chi connectivity index (χ2v) is 6.66. The summed E-state index contributed by atoms with van der Waals surface area (Å²) in [5, 5.41) is 0. The van der Waals surface area contributed by atoms with Crippen molar-refractivity contribution in [3.63, 3.8) is 0 Å². The van der Waals surface area contributed by atoms with Crippen LogP contribution in [0.2, 0.25) is 0 Å². The van der Waals surface area contributed by atoms with Gasteiger partial charge in [-0.25, -0.2) is 15.0 Å². The maximum Gasteiger partial charge on any atom is 0.227 e. The Balaban J connectivity index is 1.41. The summed E-state index contributed by atoms with van der Waals surface area (Å²) < 4.78 is 5.19. The van der Waals surface area contributed by atoms with Gasteiger partial charge >= 0.3 is 0 Å². The first-order valence-electron chi connectivity index (χ1n) is 9.27. The van der Waals surface area contributed by atoms with Gasteiger partial charge in [-0.2, -0.15) is 4.98 Å². The van der Waals surface area contributed by atoms with Gasteiger partial charge in [-0.3, -0.25) is 0 Å². The third kappa shape index (κ3) is 3.63. The summed E-state index contributed by atoms with van der Waals surface area (Å²) in [6, 6.07) is 3.90. The van der Waals surface area contributed by atoms with Crippen molar-refractivity contribution in [1.82, 2.24) is 19.9 Å². The van der Waals surface area contributed by atoms with Gasteiger partial charge in [0.2, 0.25) is 11.8 Å². The van der Waals surface area contributed by atoms with E-state index < -0.39 is 0 Å². The van der Waals surface area contributed by atoms with Gasteiger partial charge < -0.3 is 19.4 Å². The molecule has 4 rings (SSSR count). The Labute approximate surface area is 153 Å². The molecule has 2 aliphatic rings. The topological polar surface area (TPSA) is 70.5 Å². The first-order chi connectivity index (χ1) is 12.8. The molecule has 138 valence electrons. The fourth-order valence-electron chi connectivity index (χ4n) is 3.54. The molecule has 2 aliphatic heterocycles. The standard InChI is InChI=1S/C18H25N7O/c1-26-17-13-16(20-14-21-17)24-9-11-25(12-10-24)18-19-6-5-15(22-18)23-7-3-2-4-8-23/h5-6,13-14H,2-4,7-12H2,1H3. The summed E-state index contributed by atoms with van der Waals surface area (Å²) in [7, 11) is 1.62. The SMILES string of the molecule is COc1cc(N2CCN(c3nccc(N4CCCCC4)n3)CC2)ncn1. The Morgan fingerprint density at radius 1 is 0.808 bits per heavy atom. The zero-order valence-electron chi connectivity index (χ0n) is 15.2. The van der Waals surface area contributed by atoms with Crippen LogP contribution in [0.25, 0.3) is 0 Å². The number of aromatic nitrogens is 4. The number of nitrogens with zero attached hydrogens (tertiary/aromatic N) is 7. The Hall–Kier alpha value is -2.64. The van der Waals surface area contributed by atoms with Crippen molar-refractivity contribution in [3.8, 4) is 5.88 Å². The highest BCUT2D eigenvalue weighted by Gasteiger charge is 2.21. The van der Waals surface area contributed by atoms with Crippen LogP contribution in [0.5, 0.6) is 5.88 Å². The van der Waals surface area contributed by atoms with Gasteiger partial charge in [0.15, 0.2) is 0 Å². The molecular weight excluding hydrogens is 330 g/mol. The van der Waals surface area contributed by atoms with Crippen molar-refractivity contribution >= 4 is 17.6 Å². The Morgan fingerprint density at radius 2 is 1.54 bits per heavy atom. The van der Waals surface area contributed by atoms with Crippen molar-refractivity contribution < 1.29 is 4.74 Å². The number of rotatable bonds is 4. The van der Waals surface area contributed by atoms with Gasteiger partial charge in [0.05, 0.1) is 7.11 Å². The number of anilines is 3. The zero-order chi connectivity index (χ0) is 17.8. The lowest BCUT2D eigenvalue weighted by Crippen LogP contribution is -2.47. The van der Waals surface area contributed by atoms with E-state index in [1.807, 2.05) is 18.3 Å². The smallest absolute Gasteiger partial charge is 0.227 e. The van der Waals surface area contributed by atoms with Crippen LogP contribution in [0.1, 0.15) is 19.3 Å². The lowest BCUT2D eigenvalue weighted by atomic mass is 10.1. The van der Waals surface area contributed by atoms with E-state index in [-0.39, 0.29) is 0 Å². The molecule has 2 fully saturated rings. The Kier molecular flexibility index (Phi) is 4.99. The first-order valence-corrected chi connectivity index (χ1v) is 9.27. The molecule has 2 aromatic heterocycles. The minimum atomic E-state index is 0.593. The Morgan fingerprint density at radius 3 is 2.31 bits per heavy atom. The van der Waals surface area contributed by atoms with E-state index in [0.29, 0.717) is 5.88 Å². The predicted molar refractivity (Wildman–Crippen MR) is 101 cm³/mol. The average Bonchev–Trinajstić information content (AvgIpc) is 2.75. The van der Waals surface area contributed by atoms with Crippen molar-refractivity contribution in [3.05, 3.63) is 24.7 Å². The number of hydrogen-bond acceptors (Lipinski definition) is 8. The molecule has 0 bridgehead atoms. The van der Waals surface area contributed by atoms with E-state index in [1.54, 1.807) is 13.4 Å². The first kappa shape index (κ1) is 16.8. The van der Waals surface area contributed by atoms with Crippen molar-refractivity contribution in [2.75, 3.05) is 61.1 Å². The lowest BCUT2D eigenvalue weighted by molar-refractivity contribution is 0.396. The van der Waals surface area contributed by atoms with E-state index in [4.69, 9.17) is 9.72 Å². The molecule has 0 unspecified atom stereocenters. The summed E-state index contributed by atoms with van der Waals surface area (Å²) in [5.41, 5.74) is 0. The molecule has 4 heterocycles. The van der Waals surface area contributed by atoms with Gasteiger partial charge in [0, 0.05) is 51.5 Å². The number of hydrogen-bond donors (Lipinski definition) is 0. The highest BCUT2D eigenvalue weighted by atomic mass is 16.5. The number of ether oxygens (including phenoxy) is 1. The maximum atomic E-state index is 5.19. The summed E-state index contributed by atoms with van der Waals surface area (Å²) in [6.07, 6.45) is 7.25. The average molecular weight is 355 g/mol. The summed E-state index contributed by atoms with van der Waals surface area (Å²) in [5.74, 6) is 3.38. The van der Waals surface area contributed by atoms with E-state index >= 15 is 0 Å². The van der Waals surface area contributed by atoms with Crippen LogP contribution in [0.3, 0.4) is 0 Å². The quantitative estimate of drug-likeness (QED) is 0.819. The number of methoxy groups -OCH3 is 1. The molecule has 2 saturated heterocycles. The fraction of sp³-hybridized carbons (Fsp3) is 0.556. The fourth-order valence-corrected chi connectivity index (χ4v) is 3.54. The molecular formula is C18H25N7O.